The Balaban J connectivity index is 2.93. The minimum Gasteiger partial charge on any atom is -0.360 e. The van der Waals surface area contributed by atoms with E-state index in [4.69, 9.17) is 0 Å². The molecule has 0 aliphatic carbocycles. The molecular weight excluding hydrogens is 277 g/mol. The zero-order valence-corrected chi connectivity index (χ0v) is 9.25. The third-order valence-corrected chi connectivity index (χ3v) is 3.37. The van der Waals surface area contributed by atoms with Crippen LogP contribution >= 0.6 is 22.6 Å². The molecule has 1 aromatic heterocycles. The average Bonchev–Trinajstić information content (AvgIpc) is 2.55. The Morgan fingerprint density at radius 1 is 1.46 bits per heavy atom. The first-order chi connectivity index (χ1) is 6.24. The summed E-state index contributed by atoms with van der Waals surface area (Å²) in [7, 11) is 0. The SMILES string of the molecule is Cc1c(I)ccc2[nH]cc(C=O)c12. The van der Waals surface area contributed by atoms with Gasteiger partial charge in [-0.3, -0.25) is 4.79 Å². The van der Waals surface area contributed by atoms with Gasteiger partial charge in [-0.1, -0.05) is 0 Å². The first kappa shape index (κ1) is 8.74. The van der Waals surface area contributed by atoms with E-state index in [1.807, 2.05) is 19.1 Å². The van der Waals surface area contributed by atoms with Crippen molar-refractivity contribution in [1.29, 1.82) is 0 Å². The highest BCUT2D eigenvalue weighted by Crippen LogP contribution is 2.24. The Hall–Kier alpha value is -0.840. The van der Waals surface area contributed by atoms with Gasteiger partial charge in [-0.15, -0.1) is 0 Å². The molecular formula is C10H8INO. The Morgan fingerprint density at radius 2 is 2.23 bits per heavy atom. The summed E-state index contributed by atoms with van der Waals surface area (Å²) in [4.78, 5) is 13.8. The van der Waals surface area contributed by atoms with Gasteiger partial charge in [0.25, 0.3) is 0 Å². The number of nitrogens with one attached hydrogen (secondary N) is 1. The van der Waals surface area contributed by atoms with Crippen molar-refractivity contribution in [2.75, 3.05) is 0 Å². The zero-order chi connectivity index (χ0) is 9.42. The molecule has 0 spiro atoms. The van der Waals surface area contributed by atoms with E-state index in [9.17, 15) is 4.79 Å². The maximum Gasteiger partial charge on any atom is 0.152 e. The fraction of sp³-hybridized carbons (Fsp3) is 0.100. The summed E-state index contributed by atoms with van der Waals surface area (Å²) in [5.41, 5.74) is 2.94. The standard InChI is InChI=1S/C10H8INO/c1-6-8(11)2-3-9-10(6)7(5-13)4-12-9/h2-5,12H,1H3. The smallest absolute Gasteiger partial charge is 0.152 e. The predicted octanol–water partition coefficient (Wildman–Crippen LogP) is 2.89. The fourth-order valence-electron chi connectivity index (χ4n) is 1.50. The Morgan fingerprint density at radius 3 is 2.92 bits per heavy atom. The fourth-order valence-corrected chi connectivity index (χ4v) is 1.95. The van der Waals surface area contributed by atoms with Crippen molar-refractivity contribution in [2.24, 2.45) is 0 Å². The van der Waals surface area contributed by atoms with Crippen molar-refractivity contribution in [2.45, 2.75) is 6.92 Å². The number of aryl methyl sites for hydroxylation is 1. The Kier molecular flexibility index (Phi) is 2.11. The number of fused-ring (bicyclic) bond motifs is 1. The topological polar surface area (TPSA) is 32.9 Å². The summed E-state index contributed by atoms with van der Waals surface area (Å²) < 4.78 is 1.19. The Labute approximate surface area is 89.5 Å². The molecule has 0 radical (unpaired) electrons. The minimum atomic E-state index is 0.742. The number of hydrogen-bond donors (Lipinski definition) is 1. The van der Waals surface area contributed by atoms with Crippen LogP contribution in [0.3, 0.4) is 0 Å². The van der Waals surface area contributed by atoms with Crippen LogP contribution in [0.15, 0.2) is 18.3 Å². The molecule has 0 bridgehead atoms. The molecule has 13 heavy (non-hydrogen) atoms. The average molecular weight is 285 g/mol. The van der Waals surface area contributed by atoms with Gasteiger partial charge in [-0.25, -0.2) is 0 Å². The molecule has 2 aromatic rings. The molecule has 0 aliphatic rings. The molecule has 0 aliphatic heterocycles. The lowest BCUT2D eigenvalue weighted by Gasteiger charge is -1.99. The van der Waals surface area contributed by atoms with E-state index in [-0.39, 0.29) is 0 Å². The number of H-pyrrole nitrogens is 1. The van der Waals surface area contributed by atoms with Crippen LogP contribution in [0.5, 0.6) is 0 Å². The molecule has 2 rings (SSSR count). The highest BCUT2D eigenvalue weighted by atomic mass is 127. The van der Waals surface area contributed by atoms with E-state index in [0.29, 0.717) is 0 Å². The lowest BCUT2D eigenvalue weighted by Crippen LogP contribution is -1.83. The van der Waals surface area contributed by atoms with Crippen LogP contribution in [-0.4, -0.2) is 11.3 Å². The quantitative estimate of drug-likeness (QED) is 0.634. The third kappa shape index (κ3) is 1.27. The van der Waals surface area contributed by atoms with Crippen molar-refractivity contribution in [1.82, 2.24) is 4.98 Å². The van der Waals surface area contributed by atoms with Crippen LogP contribution in [-0.2, 0) is 0 Å². The molecule has 0 saturated heterocycles. The molecule has 0 unspecified atom stereocenters. The lowest BCUT2D eigenvalue weighted by atomic mass is 10.1. The number of aromatic amines is 1. The summed E-state index contributed by atoms with van der Waals surface area (Å²) in [5, 5.41) is 1.04. The second-order valence-electron chi connectivity index (χ2n) is 2.96. The Bertz CT molecular complexity index is 473. The number of carbonyl (C=O) groups excluding carboxylic acids is 1. The van der Waals surface area contributed by atoms with Crippen molar-refractivity contribution in [3.8, 4) is 0 Å². The summed E-state index contributed by atoms with van der Waals surface area (Å²) >= 11 is 2.27. The minimum absolute atomic E-state index is 0.742. The van der Waals surface area contributed by atoms with Crippen LogP contribution < -0.4 is 0 Å². The molecule has 0 saturated carbocycles. The number of aldehydes is 1. The van der Waals surface area contributed by atoms with E-state index >= 15 is 0 Å². The van der Waals surface area contributed by atoms with Gasteiger partial charge in [0.05, 0.1) is 0 Å². The van der Waals surface area contributed by atoms with Gasteiger partial charge in [0.2, 0.25) is 0 Å². The van der Waals surface area contributed by atoms with Crippen molar-refractivity contribution in [3.63, 3.8) is 0 Å². The molecule has 3 heteroatoms. The number of aromatic nitrogens is 1. The van der Waals surface area contributed by atoms with Gasteiger partial charge in [0, 0.05) is 26.2 Å². The van der Waals surface area contributed by atoms with E-state index in [1.165, 1.54) is 9.13 Å². The number of carbonyl (C=O) groups is 1. The second-order valence-corrected chi connectivity index (χ2v) is 4.12. The molecule has 0 amide bonds. The van der Waals surface area contributed by atoms with Gasteiger partial charge in [-0.2, -0.15) is 0 Å². The zero-order valence-electron chi connectivity index (χ0n) is 7.10. The van der Waals surface area contributed by atoms with Crippen LogP contribution in [0.1, 0.15) is 15.9 Å². The monoisotopic (exact) mass is 285 g/mol. The van der Waals surface area contributed by atoms with Crippen LogP contribution in [0.2, 0.25) is 0 Å². The highest BCUT2D eigenvalue weighted by molar-refractivity contribution is 14.1. The van der Waals surface area contributed by atoms with Crippen LogP contribution in [0, 0.1) is 10.5 Å². The molecule has 1 heterocycles. The van der Waals surface area contributed by atoms with Crippen molar-refractivity contribution in [3.05, 3.63) is 33.0 Å². The van der Waals surface area contributed by atoms with Crippen LogP contribution in [0.25, 0.3) is 10.9 Å². The van der Waals surface area contributed by atoms with Gasteiger partial charge in [0.1, 0.15) is 0 Å². The molecule has 0 atom stereocenters. The highest BCUT2D eigenvalue weighted by Gasteiger charge is 2.07. The van der Waals surface area contributed by atoms with E-state index in [1.54, 1.807) is 6.20 Å². The van der Waals surface area contributed by atoms with Gasteiger partial charge in [0.15, 0.2) is 6.29 Å². The van der Waals surface area contributed by atoms with Crippen LogP contribution in [0.4, 0.5) is 0 Å². The number of halogens is 1. The maximum atomic E-state index is 10.7. The second kappa shape index (κ2) is 3.14. The molecule has 1 N–H and O–H groups in total. The van der Waals surface area contributed by atoms with E-state index < -0.39 is 0 Å². The van der Waals surface area contributed by atoms with E-state index in [2.05, 4.69) is 27.6 Å². The molecule has 0 fully saturated rings. The first-order valence-electron chi connectivity index (χ1n) is 3.95. The van der Waals surface area contributed by atoms with Crippen molar-refractivity contribution < 1.29 is 4.79 Å². The first-order valence-corrected chi connectivity index (χ1v) is 5.03. The molecule has 1 aromatic carbocycles. The summed E-state index contributed by atoms with van der Waals surface area (Å²) in [6, 6.07) is 4.04. The summed E-state index contributed by atoms with van der Waals surface area (Å²) in [6.07, 6.45) is 2.64. The normalized spacial score (nSPS) is 10.6. The molecule has 2 nitrogen and oxygen atoms in total. The van der Waals surface area contributed by atoms with Gasteiger partial charge >= 0.3 is 0 Å². The number of hydrogen-bond acceptors (Lipinski definition) is 1. The molecule has 66 valence electrons. The van der Waals surface area contributed by atoms with Crippen molar-refractivity contribution >= 4 is 39.8 Å². The summed E-state index contributed by atoms with van der Waals surface area (Å²) in [6.45, 7) is 2.03. The third-order valence-electron chi connectivity index (χ3n) is 2.20. The van der Waals surface area contributed by atoms with Gasteiger partial charge < -0.3 is 4.98 Å². The van der Waals surface area contributed by atoms with E-state index in [0.717, 1.165) is 22.8 Å². The largest absolute Gasteiger partial charge is 0.360 e. The lowest BCUT2D eigenvalue weighted by molar-refractivity contribution is 0.112. The number of rotatable bonds is 1. The van der Waals surface area contributed by atoms with Gasteiger partial charge in [-0.05, 0) is 47.2 Å². The maximum absolute atomic E-state index is 10.7. The summed E-state index contributed by atoms with van der Waals surface area (Å²) in [5.74, 6) is 0. The number of benzene rings is 1. The predicted molar refractivity (Wildman–Crippen MR) is 61.1 cm³/mol.